The van der Waals surface area contributed by atoms with Gasteiger partial charge in [-0.2, -0.15) is 0 Å². The Morgan fingerprint density at radius 1 is 1.38 bits per heavy atom. The average molecular weight is 227 g/mol. The fourth-order valence-corrected chi connectivity index (χ4v) is 1.88. The third-order valence-electron chi connectivity index (χ3n) is 3.06. The zero-order chi connectivity index (χ0) is 12.5. The van der Waals surface area contributed by atoms with Crippen LogP contribution >= 0.6 is 0 Å². The van der Waals surface area contributed by atoms with E-state index in [9.17, 15) is 9.59 Å². The summed E-state index contributed by atoms with van der Waals surface area (Å²) in [7, 11) is 0. The second-order valence-corrected chi connectivity index (χ2v) is 5.44. The molecule has 92 valence electrons. The van der Waals surface area contributed by atoms with Crippen molar-refractivity contribution < 1.29 is 9.59 Å². The summed E-state index contributed by atoms with van der Waals surface area (Å²) in [6.45, 7) is 6.30. The molecule has 1 fully saturated rings. The SMILES string of the molecule is CC(C)(C)C(N)C(=O)N1CCCC1C(N)=O. The Hall–Kier alpha value is -1.10. The fraction of sp³-hybridized carbons (Fsp3) is 0.818. The summed E-state index contributed by atoms with van der Waals surface area (Å²) in [4.78, 5) is 24.8. The maximum atomic E-state index is 12.1. The molecule has 0 aromatic rings. The maximum absolute atomic E-state index is 12.1. The van der Waals surface area contributed by atoms with E-state index in [4.69, 9.17) is 11.5 Å². The Morgan fingerprint density at radius 2 is 1.94 bits per heavy atom. The largest absolute Gasteiger partial charge is 0.368 e. The van der Waals surface area contributed by atoms with Crippen molar-refractivity contribution in [3.05, 3.63) is 0 Å². The second kappa shape index (κ2) is 4.41. The summed E-state index contributed by atoms with van der Waals surface area (Å²) >= 11 is 0. The maximum Gasteiger partial charge on any atom is 0.240 e. The van der Waals surface area contributed by atoms with Gasteiger partial charge in [0.25, 0.3) is 0 Å². The molecule has 0 bridgehead atoms. The molecule has 2 unspecified atom stereocenters. The topological polar surface area (TPSA) is 89.4 Å². The van der Waals surface area contributed by atoms with E-state index in [2.05, 4.69) is 0 Å². The van der Waals surface area contributed by atoms with Crippen LogP contribution < -0.4 is 11.5 Å². The van der Waals surface area contributed by atoms with Gasteiger partial charge in [-0.3, -0.25) is 9.59 Å². The van der Waals surface area contributed by atoms with Gasteiger partial charge < -0.3 is 16.4 Å². The van der Waals surface area contributed by atoms with Crippen molar-refractivity contribution in [1.82, 2.24) is 4.90 Å². The average Bonchev–Trinajstić information content (AvgIpc) is 2.62. The minimum absolute atomic E-state index is 0.172. The van der Waals surface area contributed by atoms with Gasteiger partial charge in [-0.05, 0) is 18.3 Å². The van der Waals surface area contributed by atoms with E-state index >= 15 is 0 Å². The van der Waals surface area contributed by atoms with E-state index in [1.165, 1.54) is 4.90 Å². The minimum Gasteiger partial charge on any atom is -0.368 e. The molecule has 4 N–H and O–H groups in total. The Morgan fingerprint density at radius 3 is 2.38 bits per heavy atom. The number of carbonyl (C=O) groups is 2. The van der Waals surface area contributed by atoms with Crippen molar-refractivity contribution >= 4 is 11.8 Å². The molecule has 16 heavy (non-hydrogen) atoms. The predicted molar refractivity (Wildman–Crippen MR) is 61.4 cm³/mol. The van der Waals surface area contributed by atoms with Crippen LogP contribution in [0.1, 0.15) is 33.6 Å². The summed E-state index contributed by atoms with van der Waals surface area (Å²) in [5.74, 6) is -0.610. The van der Waals surface area contributed by atoms with E-state index < -0.39 is 18.0 Å². The van der Waals surface area contributed by atoms with Gasteiger partial charge in [-0.1, -0.05) is 20.8 Å². The molecule has 5 nitrogen and oxygen atoms in total. The highest BCUT2D eigenvalue weighted by molar-refractivity contribution is 5.89. The van der Waals surface area contributed by atoms with E-state index in [0.717, 1.165) is 6.42 Å². The highest BCUT2D eigenvalue weighted by Gasteiger charge is 2.38. The molecule has 1 heterocycles. The van der Waals surface area contributed by atoms with Crippen LogP contribution in [0.15, 0.2) is 0 Å². The van der Waals surface area contributed by atoms with Gasteiger partial charge >= 0.3 is 0 Å². The van der Waals surface area contributed by atoms with E-state index in [0.29, 0.717) is 13.0 Å². The highest BCUT2D eigenvalue weighted by atomic mass is 16.2. The van der Waals surface area contributed by atoms with Crippen molar-refractivity contribution in [3.8, 4) is 0 Å². The molecule has 0 aromatic heterocycles. The molecule has 0 spiro atoms. The van der Waals surface area contributed by atoms with Crippen molar-refractivity contribution in [1.29, 1.82) is 0 Å². The number of hydrogen-bond donors (Lipinski definition) is 2. The number of likely N-dealkylation sites (tertiary alicyclic amines) is 1. The molecule has 2 amide bonds. The summed E-state index contributed by atoms with van der Waals surface area (Å²) in [5.41, 5.74) is 10.9. The van der Waals surface area contributed by atoms with Crippen LogP contribution in [0.2, 0.25) is 0 Å². The standard InChI is InChI=1S/C11H21N3O2/c1-11(2,3)8(12)10(16)14-6-4-5-7(14)9(13)15/h7-8H,4-6,12H2,1-3H3,(H2,13,15). The first kappa shape index (κ1) is 13.0. The van der Waals surface area contributed by atoms with Gasteiger partial charge in [0.05, 0.1) is 6.04 Å². The van der Waals surface area contributed by atoms with Crippen LogP contribution in [-0.4, -0.2) is 35.3 Å². The predicted octanol–water partition coefficient (Wildman–Crippen LogP) is -0.164. The van der Waals surface area contributed by atoms with Crippen LogP contribution in [0.3, 0.4) is 0 Å². The van der Waals surface area contributed by atoms with Gasteiger partial charge in [-0.15, -0.1) is 0 Å². The lowest BCUT2D eigenvalue weighted by atomic mass is 9.86. The fourth-order valence-electron chi connectivity index (χ4n) is 1.88. The molecule has 5 heteroatoms. The van der Waals surface area contributed by atoms with Crippen LogP contribution in [0.5, 0.6) is 0 Å². The lowest BCUT2D eigenvalue weighted by Gasteiger charge is -2.32. The van der Waals surface area contributed by atoms with Crippen molar-refractivity contribution in [2.24, 2.45) is 16.9 Å². The van der Waals surface area contributed by atoms with E-state index in [1.54, 1.807) is 0 Å². The van der Waals surface area contributed by atoms with Crippen LogP contribution in [-0.2, 0) is 9.59 Å². The number of amides is 2. The van der Waals surface area contributed by atoms with Crippen LogP contribution in [0.4, 0.5) is 0 Å². The van der Waals surface area contributed by atoms with Crippen LogP contribution in [0, 0.1) is 5.41 Å². The first-order valence-electron chi connectivity index (χ1n) is 5.60. The first-order chi connectivity index (χ1) is 7.25. The molecule has 2 atom stereocenters. The smallest absolute Gasteiger partial charge is 0.240 e. The zero-order valence-corrected chi connectivity index (χ0v) is 10.2. The van der Waals surface area contributed by atoms with Crippen molar-refractivity contribution in [3.63, 3.8) is 0 Å². The van der Waals surface area contributed by atoms with Gasteiger partial charge in [0.15, 0.2) is 0 Å². The summed E-state index contributed by atoms with van der Waals surface area (Å²) in [5, 5.41) is 0. The third kappa shape index (κ3) is 2.52. The molecular formula is C11H21N3O2. The number of rotatable bonds is 2. The Balaban J connectivity index is 2.77. The molecular weight excluding hydrogens is 206 g/mol. The number of primary amides is 1. The first-order valence-corrected chi connectivity index (χ1v) is 5.60. The van der Waals surface area contributed by atoms with E-state index in [1.807, 2.05) is 20.8 Å². The van der Waals surface area contributed by atoms with Gasteiger partial charge in [0.2, 0.25) is 11.8 Å². The normalized spacial score (nSPS) is 23.2. The Labute approximate surface area is 96.1 Å². The molecule has 1 aliphatic rings. The molecule has 1 saturated heterocycles. The Kier molecular flexibility index (Phi) is 3.57. The number of carbonyl (C=O) groups excluding carboxylic acids is 2. The summed E-state index contributed by atoms with van der Waals surface area (Å²) in [6, 6.07) is -1.06. The van der Waals surface area contributed by atoms with E-state index in [-0.39, 0.29) is 11.3 Å². The molecule has 0 radical (unpaired) electrons. The molecule has 0 aliphatic carbocycles. The second-order valence-electron chi connectivity index (χ2n) is 5.44. The number of nitrogens with zero attached hydrogens (tertiary/aromatic N) is 1. The lowest BCUT2D eigenvalue weighted by Crippen LogP contribution is -2.54. The van der Waals surface area contributed by atoms with Crippen molar-refractivity contribution in [2.75, 3.05) is 6.54 Å². The van der Waals surface area contributed by atoms with Gasteiger partial charge in [0, 0.05) is 6.54 Å². The van der Waals surface area contributed by atoms with Crippen molar-refractivity contribution in [2.45, 2.75) is 45.7 Å². The highest BCUT2D eigenvalue weighted by Crippen LogP contribution is 2.23. The minimum atomic E-state index is -0.590. The number of nitrogens with two attached hydrogens (primary N) is 2. The molecule has 0 saturated carbocycles. The quantitative estimate of drug-likeness (QED) is 0.686. The molecule has 1 aliphatic heterocycles. The lowest BCUT2D eigenvalue weighted by molar-refractivity contribution is -0.140. The monoisotopic (exact) mass is 227 g/mol. The van der Waals surface area contributed by atoms with Gasteiger partial charge in [-0.25, -0.2) is 0 Å². The third-order valence-corrected chi connectivity index (χ3v) is 3.06. The Bertz CT molecular complexity index is 296. The van der Waals surface area contributed by atoms with Gasteiger partial charge in [0.1, 0.15) is 6.04 Å². The summed E-state index contributed by atoms with van der Waals surface area (Å²) in [6.07, 6.45) is 1.47. The summed E-state index contributed by atoms with van der Waals surface area (Å²) < 4.78 is 0. The molecule has 0 aromatic carbocycles. The molecule has 1 rings (SSSR count). The number of hydrogen-bond acceptors (Lipinski definition) is 3. The van der Waals surface area contributed by atoms with Crippen LogP contribution in [0.25, 0.3) is 0 Å². The zero-order valence-electron chi connectivity index (χ0n) is 10.2.